The van der Waals surface area contributed by atoms with Crippen molar-refractivity contribution in [1.82, 2.24) is 0 Å². The van der Waals surface area contributed by atoms with E-state index in [1.54, 1.807) is 0 Å². The second kappa shape index (κ2) is 14.4. The molecule has 13 rings (SSSR count). The van der Waals surface area contributed by atoms with Crippen LogP contribution in [0.3, 0.4) is 0 Å². The van der Waals surface area contributed by atoms with Crippen LogP contribution in [0.4, 0.5) is 34.1 Å². The summed E-state index contributed by atoms with van der Waals surface area (Å²) in [6, 6.07) is 86.0. The van der Waals surface area contributed by atoms with Crippen molar-refractivity contribution in [2.75, 3.05) is 9.80 Å². The summed E-state index contributed by atoms with van der Waals surface area (Å²) in [6.45, 7) is 4.30. The van der Waals surface area contributed by atoms with Crippen molar-refractivity contribution in [3.63, 3.8) is 0 Å². The van der Waals surface area contributed by atoms with Crippen molar-refractivity contribution >= 4 is 66.4 Å². The second-order valence-corrected chi connectivity index (χ2v) is 17.8. The van der Waals surface area contributed by atoms with Crippen LogP contribution in [-0.4, -0.2) is 0 Å². The van der Waals surface area contributed by atoms with E-state index in [1.807, 2.05) is 0 Å². The number of benzene rings is 11. The molecule has 0 atom stereocenters. The Balaban J connectivity index is 1.09. The number of para-hydroxylation sites is 2. The number of fused-ring (bicyclic) bond motifs is 16. The van der Waals surface area contributed by atoms with E-state index in [0.29, 0.717) is 0 Å². The molecule has 0 unspecified atom stereocenters. The topological polar surface area (TPSA) is 6.48 Å². The minimum Gasteiger partial charge on any atom is -0.310 e. The molecule has 0 radical (unpaired) electrons. The van der Waals surface area contributed by atoms with Gasteiger partial charge in [-0.05, 0) is 163 Å². The predicted octanol–water partition coefficient (Wildman–Crippen LogP) is 17.0. The Hall–Kier alpha value is -8.20. The molecular formula is C63H44N2. The third kappa shape index (κ3) is 5.54. The first-order valence-corrected chi connectivity index (χ1v) is 22.7. The van der Waals surface area contributed by atoms with Gasteiger partial charge in [-0.1, -0.05) is 169 Å². The Bertz CT molecular complexity index is 3490. The monoisotopic (exact) mass is 828 g/mol. The smallest absolute Gasteiger partial charge is 0.0737 e. The third-order valence-corrected chi connectivity index (χ3v) is 14.1. The molecule has 306 valence electrons. The maximum absolute atomic E-state index is 2.44. The van der Waals surface area contributed by atoms with Crippen LogP contribution in [0.25, 0.3) is 54.6 Å². The van der Waals surface area contributed by atoms with Crippen molar-refractivity contribution in [3.8, 4) is 22.3 Å². The van der Waals surface area contributed by atoms with Crippen LogP contribution < -0.4 is 9.80 Å². The molecule has 0 saturated carbocycles. The van der Waals surface area contributed by atoms with Crippen LogP contribution in [0.5, 0.6) is 0 Å². The van der Waals surface area contributed by atoms with Crippen molar-refractivity contribution < 1.29 is 0 Å². The molecular weight excluding hydrogens is 785 g/mol. The van der Waals surface area contributed by atoms with Gasteiger partial charge in [0.25, 0.3) is 0 Å². The lowest BCUT2D eigenvalue weighted by Crippen LogP contribution is -2.26. The molecule has 2 aliphatic carbocycles. The zero-order chi connectivity index (χ0) is 43.2. The summed E-state index contributed by atoms with van der Waals surface area (Å²) in [5.74, 6) is 0. The lowest BCUT2D eigenvalue weighted by molar-refractivity contribution is 0.810. The molecule has 11 aromatic rings. The first-order valence-electron chi connectivity index (χ1n) is 22.7. The number of nitrogens with zero attached hydrogens (tertiary/aromatic N) is 2. The van der Waals surface area contributed by atoms with E-state index in [1.165, 1.54) is 88.0 Å². The molecule has 0 saturated heterocycles. The minimum absolute atomic E-state index is 0.575. The predicted molar refractivity (Wildman–Crippen MR) is 274 cm³/mol. The van der Waals surface area contributed by atoms with Crippen LogP contribution in [0, 0.1) is 13.8 Å². The fourth-order valence-corrected chi connectivity index (χ4v) is 11.3. The lowest BCUT2D eigenvalue weighted by Gasteiger charge is -2.33. The summed E-state index contributed by atoms with van der Waals surface area (Å²) in [6.07, 6.45) is 0. The molecule has 0 aromatic heterocycles. The largest absolute Gasteiger partial charge is 0.310 e. The van der Waals surface area contributed by atoms with Crippen LogP contribution in [-0.2, 0) is 5.41 Å². The van der Waals surface area contributed by atoms with Gasteiger partial charge in [0.15, 0.2) is 0 Å². The fraction of sp³-hybridized carbons (Fsp3) is 0.0476. The quantitative estimate of drug-likeness (QED) is 0.165. The van der Waals surface area contributed by atoms with Crippen molar-refractivity contribution in [2.45, 2.75) is 19.3 Å². The Morgan fingerprint density at radius 2 is 0.738 bits per heavy atom. The van der Waals surface area contributed by atoms with Gasteiger partial charge in [-0.3, -0.25) is 0 Å². The summed E-state index contributed by atoms with van der Waals surface area (Å²) in [4.78, 5) is 4.76. The van der Waals surface area contributed by atoms with E-state index in [-0.39, 0.29) is 0 Å². The SMILES string of the molecule is Cc1ccc(N(c2ccccc2)c2ccc3c4c(ccc3c2)-c2ccc3cc(N(c5ccccc5)c5ccc(C)cc5)ccc3c2C42c3ccccc3-c3c2ccc2ccccc32)cc1. The number of anilines is 6. The van der Waals surface area contributed by atoms with Crippen molar-refractivity contribution in [3.05, 3.63) is 264 Å². The van der Waals surface area contributed by atoms with Gasteiger partial charge in [0.1, 0.15) is 0 Å². The molecule has 0 aliphatic heterocycles. The average molecular weight is 829 g/mol. The normalized spacial score (nSPS) is 12.9. The molecule has 0 bridgehead atoms. The highest BCUT2D eigenvalue weighted by atomic mass is 15.1. The van der Waals surface area contributed by atoms with Gasteiger partial charge < -0.3 is 9.80 Å². The number of hydrogen-bond acceptors (Lipinski definition) is 2. The molecule has 0 fully saturated rings. The summed E-state index contributed by atoms with van der Waals surface area (Å²) in [7, 11) is 0. The number of rotatable bonds is 6. The molecule has 0 heterocycles. The van der Waals surface area contributed by atoms with Gasteiger partial charge in [-0.25, -0.2) is 0 Å². The van der Waals surface area contributed by atoms with Crippen LogP contribution in [0.15, 0.2) is 231 Å². The highest BCUT2D eigenvalue weighted by molar-refractivity contribution is 6.13. The highest BCUT2D eigenvalue weighted by Gasteiger charge is 2.53. The molecule has 2 nitrogen and oxygen atoms in total. The summed E-state index contributed by atoms with van der Waals surface area (Å²) >= 11 is 0. The van der Waals surface area contributed by atoms with Crippen molar-refractivity contribution in [1.29, 1.82) is 0 Å². The van der Waals surface area contributed by atoms with Gasteiger partial charge in [0.05, 0.1) is 5.41 Å². The zero-order valence-electron chi connectivity index (χ0n) is 36.3. The standard InChI is InChI=1S/C63H44N2/c1-41-21-28-48(29-22-41)64(46-14-5-3-6-15-46)50-32-36-53-44(39-50)25-34-55-56-35-26-45-40-51(65(47-16-7-4-8-17-47)49-30-23-42(2)24-31-49)33-37-54(45)62(56)63(61(53)55)58-20-12-11-19-57(58)60-52-18-10-9-13-43(52)27-38-59(60)63/h3-40H,1-2H3. The Labute approximate surface area is 379 Å². The third-order valence-electron chi connectivity index (χ3n) is 14.1. The fourth-order valence-electron chi connectivity index (χ4n) is 11.3. The van der Waals surface area contributed by atoms with Gasteiger partial charge in [0, 0.05) is 34.1 Å². The lowest BCUT2D eigenvalue weighted by atomic mass is 9.68. The van der Waals surface area contributed by atoms with Gasteiger partial charge >= 0.3 is 0 Å². The average Bonchev–Trinajstić information content (AvgIpc) is 3.84. The second-order valence-electron chi connectivity index (χ2n) is 17.8. The summed E-state index contributed by atoms with van der Waals surface area (Å²) in [5.41, 5.74) is 19.4. The molecule has 0 N–H and O–H groups in total. The summed E-state index contributed by atoms with van der Waals surface area (Å²) in [5, 5.41) is 7.54. The van der Waals surface area contributed by atoms with E-state index in [4.69, 9.17) is 0 Å². The van der Waals surface area contributed by atoms with E-state index in [2.05, 4.69) is 254 Å². The molecule has 65 heavy (non-hydrogen) atoms. The molecule has 11 aromatic carbocycles. The van der Waals surface area contributed by atoms with Crippen LogP contribution in [0.2, 0.25) is 0 Å². The van der Waals surface area contributed by atoms with Crippen molar-refractivity contribution in [2.24, 2.45) is 0 Å². The Morgan fingerprint density at radius 1 is 0.292 bits per heavy atom. The van der Waals surface area contributed by atoms with Crippen LogP contribution in [0.1, 0.15) is 33.4 Å². The maximum Gasteiger partial charge on any atom is 0.0737 e. The first-order chi connectivity index (χ1) is 32.1. The molecule has 2 heteroatoms. The zero-order valence-corrected chi connectivity index (χ0v) is 36.3. The number of hydrogen-bond donors (Lipinski definition) is 0. The van der Waals surface area contributed by atoms with E-state index < -0.39 is 5.41 Å². The Morgan fingerprint density at radius 3 is 1.29 bits per heavy atom. The molecule has 2 aliphatic rings. The van der Waals surface area contributed by atoms with Crippen LogP contribution >= 0.6 is 0 Å². The van der Waals surface area contributed by atoms with E-state index >= 15 is 0 Å². The minimum atomic E-state index is -0.575. The van der Waals surface area contributed by atoms with E-state index in [0.717, 1.165) is 34.1 Å². The first kappa shape index (κ1) is 37.4. The van der Waals surface area contributed by atoms with E-state index in [9.17, 15) is 0 Å². The van der Waals surface area contributed by atoms with Gasteiger partial charge in [0.2, 0.25) is 0 Å². The maximum atomic E-state index is 2.44. The highest BCUT2D eigenvalue weighted by Crippen LogP contribution is 2.66. The number of aryl methyl sites for hydroxylation is 2. The molecule has 0 amide bonds. The Kier molecular flexibility index (Phi) is 8.29. The summed E-state index contributed by atoms with van der Waals surface area (Å²) < 4.78 is 0. The van der Waals surface area contributed by atoms with Gasteiger partial charge in [-0.15, -0.1) is 0 Å². The van der Waals surface area contributed by atoms with Gasteiger partial charge in [-0.2, -0.15) is 0 Å². The molecule has 1 spiro atoms.